The van der Waals surface area contributed by atoms with Crippen molar-refractivity contribution in [3.05, 3.63) is 28.0 Å². The number of benzene rings is 1. The Bertz CT molecular complexity index is 516. The molecule has 0 aliphatic carbocycles. The molecule has 5 heteroatoms. The molecule has 0 atom stereocenters. The molecule has 1 aromatic rings. The van der Waals surface area contributed by atoms with Crippen LogP contribution in [-0.2, 0) is 0 Å². The fraction of sp³-hybridized carbons (Fsp3) is 0.500. The fourth-order valence-corrected chi connectivity index (χ4v) is 2.78. The predicted molar refractivity (Wildman–Crippen MR) is 77.7 cm³/mol. The summed E-state index contributed by atoms with van der Waals surface area (Å²) in [6.45, 7) is 3.81. The highest BCUT2D eigenvalue weighted by Crippen LogP contribution is 2.32. The summed E-state index contributed by atoms with van der Waals surface area (Å²) in [5, 5.41) is 12.2. The molecule has 3 nitrogen and oxygen atoms in total. The van der Waals surface area contributed by atoms with E-state index in [-0.39, 0.29) is 15.8 Å². The molecule has 0 amide bonds. The lowest BCUT2D eigenvalue weighted by Crippen LogP contribution is -2.50. The molecule has 0 spiro atoms. The lowest BCUT2D eigenvalue weighted by molar-refractivity contribution is 0.304. The van der Waals surface area contributed by atoms with Gasteiger partial charge >= 0.3 is 0 Å². The van der Waals surface area contributed by atoms with Crippen LogP contribution in [-0.4, -0.2) is 25.7 Å². The minimum atomic E-state index is -0.341. The van der Waals surface area contributed by atoms with Crippen LogP contribution in [0.2, 0.25) is 0 Å². The lowest BCUT2D eigenvalue weighted by atomic mass is 9.89. The molecule has 0 radical (unpaired) electrons. The van der Waals surface area contributed by atoms with E-state index in [1.54, 1.807) is 12.1 Å². The summed E-state index contributed by atoms with van der Waals surface area (Å²) in [6, 6.07) is 5.33. The third-order valence-corrected chi connectivity index (χ3v) is 4.77. The molecule has 0 unspecified atom stereocenters. The van der Waals surface area contributed by atoms with Gasteiger partial charge in [0.15, 0.2) is 5.82 Å². The Kier molecular flexibility index (Phi) is 4.12. The number of halogens is 2. The summed E-state index contributed by atoms with van der Waals surface area (Å²) in [5.41, 5.74) is 1.04. The van der Waals surface area contributed by atoms with Crippen molar-refractivity contribution in [3.63, 3.8) is 0 Å². The maximum absolute atomic E-state index is 14.3. The van der Waals surface area contributed by atoms with Crippen molar-refractivity contribution >= 4 is 21.6 Å². The van der Waals surface area contributed by atoms with E-state index < -0.39 is 0 Å². The summed E-state index contributed by atoms with van der Waals surface area (Å²) >= 11 is 3.16. The Morgan fingerprint density at radius 2 is 2.05 bits per heavy atom. The van der Waals surface area contributed by atoms with E-state index >= 15 is 0 Å². The van der Waals surface area contributed by atoms with Crippen molar-refractivity contribution in [1.82, 2.24) is 5.32 Å². The van der Waals surface area contributed by atoms with E-state index in [2.05, 4.69) is 28.2 Å². The summed E-state index contributed by atoms with van der Waals surface area (Å²) in [5.74, 6) is -0.341. The van der Waals surface area contributed by atoms with E-state index in [4.69, 9.17) is 5.26 Å². The number of rotatable bonds is 2. The summed E-state index contributed by atoms with van der Waals surface area (Å²) < 4.78 is 14.5. The summed E-state index contributed by atoms with van der Waals surface area (Å²) in [4.78, 5) is 2.04. The van der Waals surface area contributed by atoms with Crippen molar-refractivity contribution in [2.24, 2.45) is 0 Å². The number of piperidine rings is 1. The average Bonchev–Trinajstić information content (AvgIpc) is 2.43. The van der Waals surface area contributed by atoms with Crippen molar-refractivity contribution in [2.45, 2.75) is 25.3 Å². The van der Waals surface area contributed by atoms with Crippen LogP contribution >= 0.6 is 15.9 Å². The van der Waals surface area contributed by atoms with Gasteiger partial charge in [0.05, 0.1) is 15.7 Å². The van der Waals surface area contributed by atoms with Gasteiger partial charge in [-0.15, -0.1) is 0 Å². The van der Waals surface area contributed by atoms with E-state index in [1.165, 1.54) is 0 Å². The number of hydrogen-bond acceptors (Lipinski definition) is 3. The minimum Gasteiger partial charge on any atom is -0.369 e. The first-order valence-corrected chi connectivity index (χ1v) is 7.12. The largest absolute Gasteiger partial charge is 0.369 e. The monoisotopic (exact) mass is 325 g/mol. The number of anilines is 1. The van der Waals surface area contributed by atoms with Gasteiger partial charge in [0.25, 0.3) is 0 Å². The number of nitrogens with one attached hydrogen (secondary N) is 1. The Morgan fingerprint density at radius 1 is 1.42 bits per heavy atom. The fourth-order valence-electron chi connectivity index (χ4n) is 2.36. The van der Waals surface area contributed by atoms with Crippen LogP contribution in [0, 0.1) is 17.1 Å². The van der Waals surface area contributed by atoms with Gasteiger partial charge in [-0.05, 0) is 54.9 Å². The zero-order valence-corrected chi connectivity index (χ0v) is 12.7. The molecular weight excluding hydrogens is 309 g/mol. The molecule has 1 aliphatic rings. The molecule has 1 saturated heterocycles. The van der Waals surface area contributed by atoms with Crippen molar-refractivity contribution in [2.75, 3.05) is 25.0 Å². The zero-order valence-electron chi connectivity index (χ0n) is 11.1. The molecular formula is C14H17BrFN3. The van der Waals surface area contributed by atoms with Crippen LogP contribution in [0.25, 0.3) is 0 Å². The normalized spacial score (nSPS) is 18.2. The Balaban J connectivity index is 2.21. The van der Waals surface area contributed by atoms with Gasteiger partial charge in [-0.1, -0.05) is 0 Å². The second-order valence-electron chi connectivity index (χ2n) is 5.17. The number of nitrogens with zero attached hydrogens (tertiary/aromatic N) is 2. The van der Waals surface area contributed by atoms with Crippen LogP contribution in [0.1, 0.15) is 25.3 Å². The predicted octanol–water partition coefficient (Wildman–Crippen LogP) is 3.04. The molecule has 1 N–H and O–H groups in total. The van der Waals surface area contributed by atoms with E-state index in [0.29, 0.717) is 11.3 Å². The maximum atomic E-state index is 14.3. The second kappa shape index (κ2) is 5.48. The van der Waals surface area contributed by atoms with E-state index in [9.17, 15) is 4.39 Å². The van der Waals surface area contributed by atoms with Crippen LogP contribution in [0.15, 0.2) is 16.6 Å². The Labute approximate surface area is 121 Å². The Hall–Kier alpha value is -1.12. The molecule has 0 saturated carbocycles. The average molecular weight is 326 g/mol. The third kappa shape index (κ3) is 2.75. The standard InChI is InChI=1S/C14H17BrFN3/c1-14(18-2)5-7-19(8-6-14)11-4-3-10(9-17)12(15)13(11)16/h3-4,18H,5-8H2,1-2H3. The zero-order chi connectivity index (χ0) is 14.0. The first-order valence-electron chi connectivity index (χ1n) is 6.33. The number of hydrogen-bond donors (Lipinski definition) is 1. The van der Waals surface area contributed by atoms with Gasteiger partial charge in [-0.25, -0.2) is 4.39 Å². The molecule has 2 rings (SSSR count). The lowest BCUT2D eigenvalue weighted by Gasteiger charge is -2.40. The van der Waals surface area contributed by atoms with E-state index in [0.717, 1.165) is 25.9 Å². The molecule has 1 aliphatic heterocycles. The van der Waals surface area contributed by atoms with Crippen molar-refractivity contribution < 1.29 is 4.39 Å². The van der Waals surface area contributed by atoms with Crippen LogP contribution in [0.4, 0.5) is 10.1 Å². The second-order valence-corrected chi connectivity index (χ2v) is 5.96. The highest BCUT2D eigenvalue weighted by Gasteiger charge is 2.29. The first kappa shape index (κ1) is 14.3. The topological polar surface area (TPSA) is 39.1 Å². The highest BCUT2D eigenvalue weighted by molar-refractivity contribution is 9.10. The molecule has 1 aromatic carbocycles. The van der Waals surface area contributed by atoms with Gasteiger partial charge in [0.1, 0.15) is 6.07 Å². The van der Waals surface area contributed by atoms with Gasteiger partial charge in [-0.3, -0.25) is 0 Å². The van der Waals surface area contributed by atoms with Crippen molar-refractivity contribution in [3.8, 4) is 6.07 Å². The van der Waals surface area contributed by atoms with Crippen LogP contribution in [0.5, 0.6) is 0 Å². The maximum Gasteiger partial charge on any atom is 0.161 e. The van der Waals surface area contributed by atoms with Gasteiger partial charge in [-0.2, -0.15) is 5.26 Å². The molecule has 102 valence electrons. The quantitative estimate of drug-likeness (QED) is 0.908. The summed E-state index contributed by atoms with van der Waals surface area (Å²) in [7, 11) is 1.97. The molecule has 19 heavy (non-hydrogen) atoms. The number of nitriles is 1. The van der Waals surface area contributed by atoms with Crippen molar-refractivity contribution in [1.29, 1.82) is 5.26 Å². The third-order valence-electron chi connectivity index (χ3n) is 3.99. The Morgan fingerprint density at radius 3 is 2.58 bits per heavy atom. The molecule has 0 bridgehead atoms. The highest BCUT2D eigenvalue weighted by atomic mass is 79.9. The van der Waals surface area contributed by atoms with Gasteiger partial charge in [0, 0.05) is 18.6 Å². The molecule has 1 heterocycles. The van der Waals surface area contributed by atoms with Crippen LogP contribution in [0.3, 0.4) is 0 Å². The van der Waals surface area contributed by atoms with E-state index in [1.807, 2.05) is 18.0 Å². The smallest absolute Gasteiger partial charge is 0.161 e. The summed E-state index contributed by atoms with van der Waals surface area (Å²) in [6.07, 6.45) is 1.95. The van der Waals surface area contributed by atoms with Gasteiger partial charge < -0.3 is 10.2 Å². The SMILES string of the molecule is CNC1(C)CCN(c2ccc(C#N)c(Br)c2F)CC1. The molecule has 0 aromatic heterocycles. The van der Waals surface area contributed by atoms with Gasteiger partial charge in [0.2, 0.25) is 0 Å². The first-order chi connectivity index (χ1) is 9.00. The van der Waals surface area contributed by atoms with Crippen LogP contribution < -0.4 is 10.2 Å². The molecule has 1 fully saturated rings. The minimum absolute atomic E-state index is 0.136.